The summed E-state index contributed by atoms with van der Waals surface area (Å²) in [6, 6.07) is 7.63. The minimum Gasteiger partial charge on any atom is -0.616 e. The summed E-state index contributed by atoms with van der Waals surface area (Å²) in [6.45, 7) is 5.14. The molecule has 1 fully saturated rings. The molecule has 1 amide bonds. The molecule has 9 heteroatoms. The van der Waals surface area contributed by atoms with Crippen molar-refractivity contribution < 1.29 is 13.7 Å². The van der Waals surface area contributed by atoms with Gasteiger partial charge in [0, 0.05) is 37.8 Å². The Labute approximate surface area is 208 Å². The molecule has 35 heavy (non-hydrogen) atoms. The Bertz CT molecular complexity index is 1150. The number of rotatable bonds is 8. The third-order valence-electron chi connectivity index (χ3n) is 5.27. The predicted octanol–water partition coefficient (Wildman–Crippen LogP) is 2.98. The minimum absolute atomic E-state index is 0.245. The molecule has 1 aliphatic heterocycles. The molecule has 7 nitrogen and oxygen atoms in total. The van der Waals surface area contributed by atoms with Gasteiger partial charge in [-0.15, -0.1) is 0 Å². The summed E-state index contributed by atoms with van der Waals surface area (Å²) in [5.74, 6) is 7.32. The van der Waals surface area contributed by atoms with Gasteiger partial charge in [-0.2, -0.15) is 0 Å². The zero-order valence-corrected chi connectivity index (χ0v) is 20.5. The number of pyridine rings is 1. The van der Waals surface area contributed by atoms with Crippen molar-refractivity contribution in [1.29, 1.82) is 0 Å². The number of hydrogen-bond donors (Lipinski definition) is 1. The van der Waals surface area contributed by atoms with Gasteiger partial charge in [0.25, 0.3) is 5.91 Å². The predicted molar refractivity (Wildman–Crippen MR) is 140 cm³/mol. The number of carbonyl (C=O) groups is 1. The van der Waals surface area contributed by atoms with E-state index in [1.54, 1.807) is 37.7 Å². The Morgan fingerprint density at radius 3 is 2.74 bits per heavy atom. The topological polar surface area (TPSA) is 93.0 Å². The maximum Gasteiger partial charge on any atom is 0.252 e. The lowest BCUT2D eigenvalue weighted by Crippen LogP contribution is -2.41. The number of amides is 1. The summed E-state index contributed by atoms with van der Waals surface area (Å²) < 4.78 is 25.0. The summed E-state index contributed by atoms with van der Waals surface area (Å²) in [5, 5.41) is 2.91. The smallest absolute Gasteiger partial charge is 0.252 e. The quantitative estimate of drug-likeness (QED) is 0.265. The second kappa shape index (κ2) is 13.4. The van der Waals surface area contributed by atoms with Crippen LogP contribution in [0.2, 0.25) is 0 Å². The number of nitrogens with one attached hydrogen (secondary N) is 1. The average molecular weight is 494 g/mol. The first-order chi connectivity index (χ1) is 17.0. The summed E-state index contributed by atoms with van der Waals surface area (Å²) >= 11 is -0.827. The van der Waals surface area contributed by atoms with Gasteiger partial charge in [-0.3, -0.25) is 14.8 Å². The van der Waals surface area contributed by atoms with Gasteiger partial charge < -0.3 is 14.8 Å². The Morgan fingerprint density at radius 1 is 1.31 bits per heavy atom. The molecule has 1 aromatic heterocycles. The lowest BCUT2D eigenvalue weighted by Gasteiger charge is -2.29. The number of aromatic nitrogens is 1. The number of halogens is 1. The molecule has 0 atom stereocenters. The van der Waals surface area contributed by atoms with E-state index in [9.17, 15) is 13.7 Å². The van der Waals surface area contributed by atoms with Crippen molar-refractivity contribution in [3.63, 3.8) is 0 Å². The molecular formula is C26H28FN5O2S. The zero-order valence-electron chi connectivity index (χ0n) is 19.7. The molecule has 1 aromatic carbocycles. The van der Waals surface area contributed by atoms with Crippen molar-refractivity contribution in [2.24, 2.45) is 9.98 Å². The van der Waals surface area contributed by atoms with Crippen LogP contribution in [0.3, 0.4) is 0 Å². The Kier molecular flexibility index (Phi) is 10.0. The molecule has 0 spiro atoms. The monoisotopic (exact) mass is 493 g/mol. The van der Waals surface area contributed by atoms with Gasteiger partial charge in [-0.05, 0) is 55.5 Å². The second-order valence-electron chi connectivity index (χ2n) is 7.82. The van der Waals surface area contributed by atoms with Crippen LogP contribution in [-0.4, -0.2) is 66.6 Å². The molecule has 0 bridgehead atoms. The minimum atomic E-state index is -0.827. The molecule has 0 radical (unpaired) electrons. The van der Waals surface area contributed by atoms with Gasteiger partial charge >= 0.3 is 0 Å². The van der Waals surface area contributed by atoms with E-state index in [4.69, 9.17) is 0 Å². The van der Waals surface area contributed by atoms with Gasteiger partial charge in [0.2, 0.25) is 0 Å². The first-order valence-corrected chi connectivity index (χ1v) is 12.7. The highest BCUT2D eigenvalue weighted by Crippen LogP contribution is 2.21. The number of nitrogens with zero attached hydrogens (tertiary/aromatic N) is 4. The third-order valence-corrected chi connectivity index (χ3v) is 6.55. The lowest BCUT2D eigenvalue weighted by molar-refractivity contribution is 0.0953. The number of carbonyl (C=O) groups excluding carboxylic acids is 1. The fourth-order valence-electron chi connectivity index (χ4n) is 3.49. The van der Waals surface area contributed by atoms with Gasteiger partial charge in [-0.25, -0.2) is 9.37 Å². The van der Waals surface area contributed by atoms with E-state index >= 15 is 0 Å². The van der Waals surface area contributed by atoms with Crippen molar-refractivity contribution in [1.82, 2.24) is 10.3 Å². The van der Waals surface area contributed by atoms with E-state index < -0.39 is 11.2 Å². The SMILES string of the molecule is C=N/C=C(\C=N/C)CCCNC(=O)c1cnc(N2CC[S+]([O-])CC2)c(C#Cc2ccc(F)cc2)c1. The van der Waals surface area contributed by atoms with Crippen molar-refractivity contribution >= 4 is 35.8 Å². The molecule has 1 N–H and O–H groups in total. The maximum absolute atomic E-state index is 13.2. The van der Waals surface area contributed by atoms with E-state index in [-0.39, 0.29) is 11.7 Å². The lowest BCUT2D eigenvalue weighted by atomic mass is 10.1. The Hall–Kier alpha value is -3.48. The van der Waals surface area contributed by atoms with Crippen LogP contribution in [0.15, 0.2) is 58.3 Å². The normalized spacial score (nSPS) is 14.5. The fourth-order valence-corrected chi connectivity index (χ4v) is 4.54. The molecule has 0 aliphatic carbocycles. The highest BCUT2D eigenvalue weighted by molar-refractivity contribution is 7.91. The summed E-state index contributed by atoms with van der Waals surface area (Å²) in [5.41, 5.74) is 2.58. The van der Waals surface area contributed by atoms with Crippen LogP contribution in [0.1, 0.15) is 34.3 Å². The van der Waals surface area contributed by atoms with Crippen molar-refractivity contribution in [2.45, 2.75) is 12.8 Å². The van der Waals surface area contributed by atoms with E-state index in [2.05, 4.69) is 38.8 Å². The van der Waals surface area contributed by atoms with Gasteiger partial charge in [0.1, 0.15) is 23.1 Å². The Morgan fingerprint density at radius 2 is 2.06 bits per heavy atom. The second-order valence-corrected chi connectivity index (χ2v) is 9.52. The standard InChI is InChI=1S/C26H28FN5O2S/c1-28-17-21(18-29-2)4-3-11-30-26(33)23-16-22(8-5-20-6-9-24(27)10-7-20)25(31-19-23)32-12-14-35(34)15-13-32/h6-7,9-10,16-19H,1,3-4,11-15H2,2H3,(H,30,33)/b21-17-,29-18-. The highest BCUT2D eigenvalue weighted by atomic mass is 32.2. The van der Waals surface area contributed by atoms with Gasteiger partial charge in [0.05, 0.1) is 24.2 Å². The van der Waals surface area contributed by atoms with Gasteiger partial charge in [0.15, 0.2) is 0 Å². The molecule has 2 heterocycles. The fraction of sp³-hybridized carbons (Fsp3) is 0.308. The maximum atomic E-state index is 13.2. The van der Waals surface area contributed by atoms with Crippen LogP contribution in [0.25, 0.3) is 0 Å². The van der Waals surface area contributed by atoms with Crippen LogP contribution in [0.4, 0.5) is 10.2 Å². The van der Waals surface area contributed by atoms with Crippen molar-refractivity contribution in [3.05, 3.63) is 70.8 Å². The average Bonchev–Trinajstić information content (AvgIpc) is 2.87. The van der Waals surface area contributed by atoms with Crippen molar-refractivity contribution in [2.75, 3.05) is 43.1 Å². The van der Waals surface area contributed by atoms with Crippen LogP contribution in [0.5, 0.6) is 0 Å². The number of benzene rings is 1. The van der Waals surface area contributed by atoms with E-state index in [0.717, 1.165) is 5.57 Å². The number of aliphatic imine (C=N–C) groups is 2. The van der Waals surface area contributed by atoms with E-state index in [0.29, 0.717) is 66.5 Å². The molecule has 0 unspecified atom stereocenters. The molecule has 1 aliphatic rings. The van der Waals surface area contributed by atoms with Crippen LogP contribution in [-0.2, 0) is 11.2 Å². The molecule has 0 saturated carbocycles. The van der Waals surface area contributed by atoms with E-state index in [1.807, 2.05) is 4.90 Å². The van der Waals surface area contributed by atoms with Crippen LogP contribution >= 0.6 is 0 Å². The number of allylic oxidation sites excluding steroid dienone is 1. The molecule has 2 aromatic rings. The number of hydrogen-bond acceptors (Lipinski definition) is 6. The van der Waals surface area contributed by atoms with Gasteiger partial charge in [-0.1, -0.05) is 23.0 Å². The zero-order chi connectivity index (χ0) is 25.0. The van der Waals surface area contributed by atoms with Crippen LogP contribution < -0.4 is 10.2 Å². The summed E-state index contributed by atoms with van der Waals surface area (Å²) in [6.07, 6.45) is 6.34. The first-order valence-electron chi connectivity index (χ1n) is 11.2. The highest BCUT2D eigenvalue weighted by Gasteiger charge is 2.23. The largest absolute Gasteiger partial charge is 0.616 e. The summed E-state index contributed by atoms with van der Waals surface area (Å²) in [7, 11) is 1.69. The Balaban J connectivity index is 1.75. The molecule has 3 rings (SSSR count). The van der Waals surface area contributed by atoms with E-state index in [1.165, 1.54) is 18.3 Å². The van der Waals surface area contributed by atoms with Crippen molar-refractivity contribution in [3.8, 4) is 11.8 Å². The van der Waals surface area contributed by atoms with Crippen LogP contribution in [0, 0.1) is 17.7 Å². The molecular weight excluding hydrogens is 465 g/mol. The summed E-state index contributed by atoms with van der Waals surface area (Å²) in [4.78, 5) is 27.1. The number of anilines is 1. The first kappa shape index (κ1) is 26.1. The third kappa shape index (κ3) is 8.05. The molecule has 1 saturated heterocycles. The molecule has 182 valence electrons.